The fraction of sp³-hybridized carbons (Fsp3) is 0.294. The molecule has 1 heterocycles. The molecule has 0 saturated carbocycles. The summed E-state index contributed by atoms with van der Waals surface area (Å²) in [5.41, 5.74) is -0.297. The number of furan rings is 1. The van der Waals surface area contributed by atoms with Gasteiger partial charge < -0.3 is 14.4 Å². The quantitative estimate of drug-likeness (QED) is 0.891. The van der Waals surface area contributed by atoms with E-state index in [1.54, 1.807) is 0 Å². The Bertz CT molecular complexity index is 778. The molecule has 25 heavy (non-hydrogen) atoms. The second-order valence-corrected chi connectivity index (χ2v) is 5.61. The smallest absolute Gasteiger partial charge is 0.416 e. The summed E-state index contributed by atoms with van der Waals surface area (Å²) >= 11 is 0. The Morgan fingerprint density at radius 2 is 1.80 bits per heavy atom. The summed E-state index contributed by atoms with van der Waals surface area (Å²) in [6.07, 6.45) is -4.49. The highest BCUT2D eigenvalue weighted by atomic mass is 19.4. The topological polar surface area (TPSA) is 70.8 Å². The fourth-order valence-electron chi connectivity index (χ4n) is 2.28. The van der Waals surface area contributed by atoms with E-state index in [0.29, 0.717) is 11.3 Å². The number of carbonyl (C=O) groups is 2. The first-order chi connectivity index (χ1) is 11.6. The Balaban J connectivity index is 2.00. The molecule has 1 amide bonds. The number of rotatable bonds is 5. The Hall–Kier alpha value is -2.77. The van der Waals surface area contributed by atoms with Crippen LogP contribution in [-0.4, -0.2) is 28.9 Å². The molecular formula is C17H16F3NO4. The van der Waals surface area contributed by atoms with Crippen molar-refractivity contribution in [2.75, 3.05) is 7.05 Å². The van der Waals surface area contributed by atoms with E-state index in [1.807, 2.05) is 0 Å². The molecular weight excluding hydrogens is 339 g/mol. The molecule has 1 aromatic carbocycles. The van der Waals surface area contributed by atoms with Gasteiger partial charge in [0.05, 0.1) is 18.5 Å². The summed E-state index contributed by atoms with van der Waals surface area (Å²) in [7, 11) is 1.50. The van der Waals surface area contributed by atoms with Crippen molar-refractivity contribution in [1.82, 2.24) is 4.90 Å². The molecule has 134 valence electrons. The van der Waals surface area contributed by atoms with Gasteiger partial charge in [0.1, 0.15) is 17.1 Å². The van der Waals surface area contributed by atoms with Gasteiger partial charge in [0.25, 0.3) is 0 Å². The molecule has 2 rings (SSSR count). The standard InChI is InChI=1S/C17H16F3NO4/c1-10-14(16(23)24)8-13(25-10)9-21(2)15(22)7-11-3-5-12(6-4-11)17(18,19)20/h3-6,8H,7,9H2,1-2H3,(H,23,24). The molecule has 0 radical (unpaired) electrons. The van der Waals surface area contributed by atoms with E-state index >= 15 is 0 Å². The lowest BCUT2D eigenvalue weighted by atomic mass is 10.1. The van der Waals surface area contributed by atoms with Crippen molar-refractivity contribution in [1.29, 1.82) is 0 Å². The van der Waals surface area contributed by atoms with Crippen LogP contribution in [0.4, 0.5) is 13.2 Å². The second kappa shape index (κ2) is 7.00. The van der Waals surface area contributed by atoms with Gasteiger partial charge in [0, 0.05) is 7.05 Å². The molecule has 0 fully saturated rings. The van der Waals surface area contributed by atoms with Crippen molar-refractivity contribution in [3.05, 3.63) is 58.5 Å². The second-order valence-electron chi connectivity index (χ2n) is 5.61. The van der Waals surface area contributed by atoms with E-state index in [1.165, 1.54) is 37.1 Å². The van der Waals surface area contributed by atoms with Crippen molar-refractivity contribution in [3.8, 4) is 0 Å². The number of aromatic carboxylic acids is 1. The third kappa shape index (κ3) is 4.62. The molecule has 0 spiro atoms. The van der Waals surface area contributed by atoms with Crippen LogP contribution < -0.4 is 0 Å². The summed E-state index contributed by atoms with van der Waals surface area (Å²) in [4.78, 5) is 24.5. The van der Waals surface area contributed by atoms with Crippen molar-refractivity contribution < 1.29 is 32.3 Å². The third-order valence-corrected chi connectivity index (χ3v) is 3.65. The zero-order valence-corrected chi connectivity index (χ0v) is 13.6. The molecule has 1 aromatic heterocycles. The largest absolute Gasteiger partial charge is 0.478 e. The molecule has 5 nitrogen and oxygen atoms in total. The molecule has 0 bridgehead atoms. The van der Waals surface area contributed by atoms with E-state index in [4.69, 9.17) is 9.52 Å². The first-order valence-electron chi connectivity index (χ1n) is 7.30. The number of carbonyl (C=O) groups excluding carboxylic acids is 1. The molecule has 0 aliphatic rings. The Morgan fingerprint density at radius 1 is 1.20 bits per heavy atom. The minimum atomic E-state index is -4.42. The molecule has 2 aromatic rings. The van der Waals surface area contributed by atoms with Crippen LogP contribution in [0.15, 0.2) is 34.7 Å². The summed E-state index contributed by atoms with van der Waals surface area (Å²) in [6, 6.07) is 5.72. The molecule has 8 heteroatoms. The number of aryl methyl sites for hydroxylation is 1. The minimum absolute atomic E-state index is 0.0265. The average Bonchev–Trinajstić information content (AvgIpc) is 2.87. The van der Waals surface area contributed by atoms with Crippen LogP contribution in [0.1, 0.15) is 33.0 Å². The van der Waals surface area contributed by atoms with E-state index in [2.05, 4.69) is 0 Å². The van der Waals surface area contributed by atoms with Crippen molar-refractivity contribution in [2.45, 2.75) is 26.1 Å². The SMILES string of the molecule is Cc1oc(CN(C)C(=O)Cc2ccc(C(F)(F)F)cc2)cc1C(=O)O. The zero-order chi connectivity index (χ0) is 18.8. The van der Waals surface area contributed by atoms with Crippen molar-refractivity contribution >= 4 is 11.9 Å². The van der Waals surface area contributed by atoms with Gasteiger partial charge in [-0.1, -0.05) is 12.1 Å². The number of alkyl halides is 3. The predicted molar refractivity (Wildman–Crippen MR) is 82.0 cm³/mol. The maximum absolute atomic E-state index is 12.5. The van der Waals surface area contributed by atoms with Crippen LogP contribution in [0.2, 0.25) is 0 Å². The van der Waals surface area contributed by atoms with Gasteiger partial charge in [0.15, 0.2) is 0 Å². The first-order valence-corrected chi connectivity index (χ1v) is 7.30. The normalized spacial score (nSPS) is 11.4. The Morgan fingerprint density at radius 3 is 2.28 bits per heavy atom. The number of benzene rings is 1. The first kappa shape index (κ1) is 18.6. The lowest BCUT2D eigenvalue weighted by Crippen LogP contribution is -2.27. The van der Waals surface area contributed by atoms with E-state index < -0.39 is 17.7 Å². The third-order valence-electron chi connectivity index (χ3n) is 3.65. The number of nitrogens with zero attached hydrogens (tertiary/aromatic N) is 1. The molecule has 1 N–H and O–H groups in total. The van der Waals surface area contributed by atoms with Crippen LogP contribution in [-0.2, 0) is 23.9 Å². The maximum atomic E-state index is 12.5. The highest BCUT2D eigenvalue weighted by molar-refractivity contribution is 5.88. The summed E-state index contributed by atoms with van der Waals surface area (Å²) in [5.74, 6) is -0.888. The number of hydrogen-bond donors (Lipinski definition) is 1. The summed E-state index contributed by atoms with van der Waals surface area (Å²) in [5, 5.41) is 8.98. The van der Waals surface area contributed by atoms with E-state index in [9.17, 15) is 22.8 Å². The number of halogens is 3. The number of likely N-dealkylation sites (N-methyl/N-ethyl adjacent to an activating group) is 1. The van der Waals surface area contributed by atoms with Gasteiger partial charge >= 0.3 is 12.1 Å². The monoisotopic (exact) mass is 355 g/mol. The van der Waals surface area contributed by atoms with Gasteiger partial charge in [-0.2, -0.15) is 13.2 Å². The maximum Gasteiger partial charge on any atom is 0.416 e. The molecule has 0 aliphatic carbocycles. The predicted octanol–water partition coefficient (Wildman–Crippen LogP) is 3.51. The van der Waals surface area contributed by atoms with Gasteiger partial charge in [-0.3, -0.25) is 4.79 Å². The Labute approximate surface area is 141 Å². The van der Waals surface area contributed by atoms with E-state index in [-0.39, 0.29) is 30.2 Å². The number of carboxylic acid groups (broad SMARTS) is 1. The number of amides is 1. The van der Waals surface area contributed by atoms with Gasteiger partial charge in [-0.15, -0.1) is 0 Å². The number of carboxylic acids is 1. The highest BCUT2D eigenvalue weighted by Gasteiger charge is 2.30. The van der Waals surface area contributed by atoms with Gasteiger partial charge in [0.2, 0.25) is 5.91 Å². The van der Waals surface area contributed by atoms with Crippen molar-refractivity contribution in [3.63, 3.8) is 0 Å². The molecule has 0 saturated heterocycles. The van der Waals surface area contributed by atoms with Crippen molar-refractivity contribution in [2.24, 2.45) is 0 Å². The summed E-state index contributed by atoms with van der Waals surface area (Å²) < 4.78 is 42.9. The number of hydrogen-bond acceptors (Lipinski definition) is 3. The molecule has 0 aliphatic heterocycles. The lowest BCUT2D eigenvalue weighted by Gasteiger charge is -2.16. The van der Waals surface area contributed by atoms with Crippen LogP contribution in [0, 0.1) is 6.92 Å². The fourth-order valence-corrected chi connectivity index (χ4v) is 2.28. The Kier molecular flexibility index (Phi) is 5.20. The highest BCUT2D eigenvalue weighted by Crippen LogP contribution is 2.29. The van der Waals surface area contributed by atoms with Gasteiger partial charge in [-0.25, -0.2) is 4.79 Å². The van der Waals surface area contributed by atoms with Crippen LogP contribution in [0.5, 0.6) is 0 Å². The van der Waals surface area contributed by atoms with E-state index in [0.717, 1.165) is 12.1 Å². The molecule has 0 atom stereocenters. The lowest BCUT2D eigenvalue weighted by molar-refractivity contribution is -0.137. The van der Waals surface area contributed by atoms with Crippen LogP contribution >= 0.6 is 0 Å². The average molecular weight is 355 g/mol. The zero-order valence-electron chi connectivity index (χ0n) is 13.6. The molecule has 0 unspecified atom stereocenters. The van der Waals surface area contributed by atoms with Crippen LogP contribution in [0.25, 0.3) is 0 Å². The van der Waals surface area contributed by atoms with Gasteiger partial charge in [-0.05, 0) is 30.7 Å². The summed E-state index contributed by atoms with van der Waals surface area (Å²) in [6.45, 7) is 1.57. The minimum Gasteiger partial charge on any atom is -0.478 e. The van der Waals surface area contributed by atoms with Crippen LogP contribution in [0.3, 0.4) is 0 Å².